The van der Waals surface area contributed by atoms with Crippen molar-refractivity contribution in [1.29, 1.82) is 0 Å². The van der Waals surface area contributed by atoms with Gasteiger partial charge in [0.05, 0.1) is 28.1 Å². The minimum absolute atomic E-state index is 0.0749. The SMILES string of the molecule is Oc1ccc(/N=N/c2ccc(-c3nc4ccc(O)cc4s3)c(O)c2)c(OCCCC(F)(F)F)c1. The highest BCUT2D eigenvalue weighted by Crippen LogP contribution is 2.39. The zero-order valence-electron chi connectivity index (χ0n) is 17.5. The lowest BCUT2D eigenvalue weighted by atomic mass is 10.2. The predicted molar refractivity (Wildman–Crippen MR) is 121 cm³/mol. The molecule has 0 spiro atoms. The van der Waals surface area contributed by atoms with Crippen LogP contribution in [0.4, 0.5) is 24.5 Å². The van der Waals surface area contributed by atoms with Crippen LogP contribution < -0.4 is 4.74 Å². The number of rotatable bonds is 7. The zero-order valence-corrected chi connectivity index (χ0v) is 18.3. The average Bonchev–Trinajstić information content (AvgIpc) is 3.18. The molecule has 3 aromatic carbocycles. The van der Waals surface area contributed by atoms with Crippen LogP contribution in [0.5, 0.6) is 23.0 Å². The monoisotopic (exact) mass is 489 g/mol. The molecule has 1 heterocycles. The fraction of sp³-hybridized carbons (Fsp3) is 0.174. The molecule has 11 heteroatoms. The molecule has 3 N–H and O–H groups in total. The summed E-state index contributed by atoms with van der Waals surface area (Å²) in [5.74, 6) is 0.00934. The van der Waals surface area contributed by atoms with Crippen LogP contribution in [0.15, 0.2) is 64.8 Å². The highest BCUT2D eigenvalue weighted by Gasteiger charge is 2.26. The number of alkyl halides is 3. The van der Waals surface area contributed by atoms with Gasteiger partial charge in [-0.15, -0.1) is 16.5 Å². The molecule has 0 fully saturated rings. The van der Waals surface area contributed by atoms with E-state index in [0.29, 0.717) is 21.8 Å². The number of fused-ring (bicyclic) bond motifs is 1. The van der Waals surface area contributed by atoms with E-state index in [-0.39, 0.29) is 41.7 Å². The lowest BCUT2D eigenvalue weighted by Gasteiger charge is -2.10. The van der Waals surface area contributed by atoms with Gasteiger partial charge in [0.1, 0.15) is 33.7 Å². The second-order valence-corrected chi connectivity index (χ2v) is 8.32. The van der Waals surface area contributed by atoms with E-state index in [1.807, 2.05) is 0 Å². The van der Waals surface area contributed by atoms with Crippen LogP contribution in [-0.4, -0.2) is 33.1 Å². The molecule has 0 atom stereocenters. The summed E-state index contributed by atoms with van der Waals surface area (Å²) in [6.45, 7) is -0.207. The van der Waals surface area contributed by atoms with E-state index in [9.17, 15) is 28.5 Å². The summed E-state index contributed by atoms with van der Waals surface area (Å²) in [7, 11) is 0. The van der Waals surface area contributed by atoms with Gasteiger partial charge < -0.3 is 20.1 Å². The van der Waals surface area contributed by atoms with Gasteiger partial charge in [0.25, 0.3) is 0 Å². The Morgan fingerprint density at radius 3 is 2.44 bits per heavy atom. The first-order valence-electron chi connectivity index (χ1n) is 10.1. The van der Waals surface area contributed by atoms with Crippen LogP contribution >= 0.6 is 11.3 Å². The maximum absolute atomic E-state index is 12.3. The third-order valence-electron chi connectivity index (χ3n) is 4.66. The Morgan fingerprint density at radius 2 is 1.68 bits per heavy atom. The second-order valence-electron chi connectivity index (χ2n) is 7.29. The first kappa shape index (κ1) is 23.3. The molecular weight excluding hydrogens is 471 g/mol. The number of ether oxygens (including phenoxy) is 1. The van der Waals surface area contributed by atoms with Gasteiger partial charge in [0, 0.05) is 18.6 Å². The highest BCUT2D eigenvalue weighted by atomic mass is 32.1. The van der Waals surface area contributed by atoms with E-state index in [1.54, 1.807) is 24.3 Å². The molecule has 34 heavy (non-hydrogen) atoms. The molecule has 0 saturated carbocycles. The van der Waals surface area contributed by atoms with Gasteiger partial charge in [-0.2, -0.15) is 18.3 Å². The van der Waals surface area contributed by atoms with Gasteiger partial charge in [0.15, 0.2) is 0 Å². The number of hydrogen-bond acceptors (Lipinski definition) is 8. The molecule has 0 radical (unpaired) electrons. The number of aromatic nitrogens is 1. The van der Waals surface area contributed by atoms with E-state index < -0.39 is 12.6 Å². The van der Waals surface area contributed by atoms with Crippen LogP contribution in [0, 0.1) is 0 Å². The number of halogens is 3. The van der Waals surface area contributed by atoms with Gasteiger partial charge in [-0.3, -0.25) is 0 Å². The fourth-order valence-electron chi connectivity index (χ4n) is 3.06. The molecule has 176 valence electrons. The van der Waals surface area contributed by atoms with Crippen molar-refractivity contribution in [1.82, 2.24) is 4.98 Å². The molecule has 1 aromatic heterocycles. The van der Waals surface area contributed by atoms with Crippen LogP contribution in [0.3, 0.4) is 0 Å². The van der Waals surface area contributed by atoms with Crippen molar-refractivity contribution >= 4 is 32.9 Å². The van der Waals surface area contributed by atoms with Crippen LogP contribution in [-0.2, 0) is 0 Å². The maximum atomic E-state index is 12.3. The molecule has 0 aliphatic rings. The van der Waals surface area contributed by atoms with Crippen LogP contribution in [0.25, 0.3) is 20.8 Å². The first-order chi connectivity index (χ1) is 16.2. The first-order valence-corrected chi connectivity index (χ1v) is 10.9. The Balaban J connectivity index is 1.51. The molecule has 0 unspecified atom stereocenters. The number of azo groups is 1. The quantitative estimate of drug-likeness (QED) is 0.188. The number of phenols is 3. The van der Waals surface area contributed by atoms with Crippen molar-refractivity contribution in [2.24, 2.45) is 10.2 Å². The number of hydrogen-bond donors (Lipinski definition) is 3. The molecule has 0 amide bonds. The van der Waals surface area contributed by atoms with E-state index in [2.05, 4.69) is 15.2 Å². The summed E-state index contributed by atoms with van der Waals surface area (Å²) in [6, 6.07) is 13.5. The summed E-state index contributed by atoms with van der Waals surface area (Å²) < 4.78 is 43.1. The summed E-state index contributed by atoms with van der Waals surface area (Å²) in [6.07, 6.45) is -5.49. The lowest BCUT2D eigenvalue weighted by molar-refractivity contribution is -0.136. The number of nitrogens with zero attached hydrogens (tertiary/aromatic N) is 3. The lowest BCUT2D eigenvalue weighted by Crippen LogP contribution is -2.09. The van der Waals surface area contributed by atoms with Crippen molar-refractivity contribution in [3.8, 4) is 33.6 Å². The van der Waals surface area contributed by atoms with Gasteiger partial charge in [-0.1, -0.05) is 0 Å². The average molecular weight is 489 g/mol. The fourth-order valence-corrected chi connectivity index (χ4v) is 4.09. The van der Waals surface area contributed by atoms with E-state index >= 15 is 0 Å². The Labute approximate surface area is 195 Å². The van der Waals surface area contributed by atoms with Crippen molar-refractivity contribution < 1.29 is 33.2 Å². The molecule has 7 nitrogen and oxygen atoms in total. The Morgan fingerprint density at radius 1 is 0.912 bits per heavy atom. The summed E-state index contributed by atoms with van der Waals surface area (Å²) >= 11 is 1.31. The standard InChI is InChI=1S/C23H18F3N3O4S/c24-23(25,26)8-1-9-33-20-11-14(30)3-6-17(20)29-28-13-2-5-16(19(32)10-13)22-27-18-7-4-15(31)12-21(18)34-22/h2-7,10-12,30-32H,1,8-9H2/b29-28+. The van der Waals surface area contributed by atoms with Crippen molar-refractivity contribution in [2.45, 2.75) is 19.0 Å². The third kappa shape index (κ3) is 5.73. The second kappa shape index (κ2) is 9.56. The minimum atomic E-state index is -4.27. The Kier molecular flexibility index (Phi) is 6.55. The summed E-state index contributed by atoms with van der Waals surface area (Å²) in [4.78, 5) is 4.46. The minimum Gasteiger partial charge on any atom is -0.508 e. The van der Waals surface area contributed by atoms with Gasteiger partial charge in [-0.05, 0) is 48.9 Å². The van der Waals surface area contributed by atoms with Gasteiger partial charge in [0.2, 0.25) is 0 Å². The molecule has 4 rings (SSSR count). The normalized spacial score (nSPS) is 12.0. The topological polar surface area (TPSA) is 108 Å². The van der Waals surface area contributed by atoms with Gasteiger partial charge >= 0.3 is 6.18 Å². The van der Waals surface area contributed by atoms with Crippen LogP contribution in [0.1, 0.15) is 12.8 Å². The number of benzene rings is 3. The summed E-state index contributed by atoms with van der Waals surface area (Å²) in [5.41, 5.74) is 1.70. The Bertz CT molecular complexity index is 1360. The van der Waals surface area contributed by atoms with Crippen molar-refractivity contribution in [3.63, 3.8) is 0 Å². The number of aromatic hydroxyl groups is 3. The van der Waals surface area contributed by atoms with E-state index in [4.69, 9.17) is 4.74 Å². The number of phenolic OH excluding ortho intramolecular Hbond substituents is 3. The third-order valence-corrected chi connectivity index (χ3v) is 5.71. The predicted octanol–water partition coefficient (Wildman–Crippen LogP) is 7.22. The largest absolute Gasteiger partial charge is 0.508 e. The van der Waals surface area contributed by atoms with E-state index in [1.165, 1.54) is 41.7 Å². The highest BCUT2D eigenvalue weighted by molar-refractivity contribution is 7.21. The number of thiazole rings is 1. The zero-order chi connectivity index (χ0) is 24.3. The molecule has 4 aromatic rings. The molecular formula is C23H18F3N3O4S. The van der Waals surface area contributed by atoms with Crippen LogP contribution in [0.2, 0.25) is 0 Å². The molecule has 0 saturated heterocycles. The summed E-state index contributed by atoms with van der Waals surface area (Å²) in [5, 5.41) is 38.4. The maximum Gasteiger partial charge on any atom is 0.389 e. The smallest absolute Gasteiger partial charge is 0.389 e. The molecule has 0 aliphatic heterocycles. The molecule has 0 bridgehead atoms. The Hall–Kier alpha value is -3.86. The van der Waals surface area contributed by atoms with E-state index in [0.717, 1.165) is 4.70 Å². The van der Waals surface area contributed by atoms with Crippen molar-refractivity contribution in [2.75, 3.05) is 6.61 Å². The van der Waals surface area contributed by atoms with Crippen molar-refractivity contribution in [3.05, 3.63) is 54.6 Å². The molecule has 0 aliphatic carbocycles. The van der Waals surface area contributed by atoms with Gasteiger partial charge in [-0.25, -0.2) is 4.98 Å².